The van der Waals surface area contributed by atoms with E-state index in [1.54, 1.807) is 6.33 Å². The second-order valence-electron chi connectivity index (χ2n) is 6.86. The summed E-state index contributed by atoms with van der Waals surface area (Å²) in [5, 5.41) is 6.37. The largest absolute Gasteiger partial charge is 0.354 e. The lowest BCUT2D eigenvalue weighted by molar-refractivity contribution is -0.123. The Hall–Kier alpha value is -2.92. The van der Waals surface area contributed by atoms with Crippen LogP contribution >= 0.6 is 0 Å². The van der Waals surface area contributed by atoms with E-state index in [0.717, 1.165) is 30.8 Å². The second kappa shape index (κ2) is 8.18. The van der Waals surface area contributed by atoms with Gasteiger partial charge in [-0.3, -0.25) is 4.79 Å². The quantitative estimate of drug-likeness (QED) is 0.633. The summed E-state index contributed by atoms with van der Waals surface area (Å²) in [5.74, 6) is 0.246. The first-order valence-corrected chi connectivity index (χ1v) is 9.46. The number of nitrogens with zero attached hydrogens (tertiary/aromatic N) is 1. The number of carbonyl (C=O) groups is 1. The third-order valence-corrected chi connectivity index (χ3v) is 5.15. The molecular formula is C22H24N4O. The zero-order valence-corrected chi connectivity index (χ0v) is 15.2. The number of nitrogens with one attached hydrogen (secondary N) is 3. The van der Waals surface area contributed by atoms with E-state index in [4.69, 9.17) is 0 Å². The molecule has 1 atom stereocenters. The van der Waals surface area contributed by atoms with Crippen molar-refractivity contribution in [2.45, 2.75) is 24.8 Å². The summed E-state index contributed by atoms with van der Waals surface area (Å²) in [5.41, 5.74) is 4.41. The Morgan fingerprint density at radius 3 is 2.41 bits per heavy atom. The molecule has 0 radical (unpaired) electrons. The predicted molar refractivity (Wildman–Crippen MR) is 105 cm³/mol. The third-order valence-electron chi connectivity index (χ3n) is 5.15. The van der Waals surface area contributed by atoms with Crippen molar-refractivity contribution in [3.8, 4) is 0 Å². The molecule has 4 rings (SSSR count). The van der Waals surface area contributed by atoms with Crippen LogP contribution in [0.3, 0.4) is 0 Å². The van der Waals surface area contributed by atoms with Crippen LogP contribution in [0, 0.1) is 0 Å². The number of aromatic nitrogens is 2. The van der Waals surface area contributed by atoms with Crippen molar-refractivity contribution in [2.75, 3.05) is 13.1 Å². The Balaban J connectivity index is 1.43. The van der Waals surface area contributed by atoms with Crippen LogP contribution in [-0.4, -0.2) is 29.0 Å². The molecule has 1 aliphatic rings. The fourth-order valence-corrected chi connectivity index (χ4v) is 3.77. The third kappa shape index (κ3) is 3.93. The average Bonchev–Trinajstić information content (AvgIpc) is 3.21. The Morgan fingerprint density at radius 1 is 1.07 bits per heavy atom. The molecule has 0 fully saturated rings. The summed E-state index contributed by atoms with van der Waals surface area (Å²) < 4.78 is 0. The van der Waals surface area contributed by atoms with E-state index in [0.29, 0.717) is 6.54 Å². The zero-order valence-electron chi connectivity index (χ0n) is 15.2. The topological polar surface area (TPSA) is 69.8 Å². The van der Waals surface area contributed by atoms with Gasteiger partial charge in [0.15, 0.2) is 0 Å². The highest BCUT2D eigenvalue weighted by atomic mass is 16.2. The number of hydrogen-bond donors (Lipinski definition) is 3. The number of carbonyl (C=O) groups excluding carboxylic acids is 1. The average molecular weight is 360 g/mol. The summed E-state index contributed by atoms with van der Waals surface area (Å²) in [6.07, 6.45) is 3.39. The molecule has 1 aromatic heterocycles. The molecule has 138 valence electrons. The van der Waals surface area contributed by atoms with Gasteiger partial charge in [0, 0.05) is 31.1 Å². The van der Waals surface area contributed by atoms with E-state index < -0.39 is 0 Å². The molecule has 3 aromatic rings. The zero-order chi connectivity index (χ0) is 18.5. The molecule has 2 heterocycles. The number of rotatable bonds is 6. The highest BCUT2D eigenvalue weighted by Gasteiger charge is 2.28. The molecule has 1 aliphatic heterocycles. The van der Waals surface area contributed by atoms with Gasteiger partial charge in [-0.25, -0.2) is 4.98 Å². The first-order valence-electron chi connectivity index (χ1n) is 9.46. The summed E-state index contributed by atoms with van der Waals surface area (Å²) >= 11 is 0. The summed E-state index contributed by atoms with van der Waals surface area (Å²) in [7, 11) is 0. The predicted octanol–water partition coefficient (Wildman–Crippen LogP) is 2.93. The fourth-order valence-electron chi connectivity index (χ4n) is 3.77. The van der Waals surface area contributed by atoms with Gasteiger partial charge in [0.2, 0.25) is 5.91 Å². The maximum Gasteiger partial charge on any atom is 0.243 e. The molecular weight excluding hydrogens is 336 g/mol. The van der Waals surface area contributed by atoms with Gasteiger partial charge in [0.25, 0.3) is 0 Å². The Morgan fingerprint density at radius 2 is 1.74 bits per heavy atom. The number of imidazole rings is 1. The number of hydrogen-bond acceptors (Lipinski definition) is 3. The lowest BCUT2D eigenvalue weighted by atomic mass is 9.88. The molecule has 1 amide bonds. The van der Waals surface area contributed by atoms with E-state index in [-0.39, 0.29) is 17.9 Å². The molecule has 0 saturated heterocycles. The normalized spacial score (nSPS) is 16.1. The second-order valence-corrected chi connectivity index (χ2v) is 6.86. The van der Waals surface area contributed by atoms with Crippen molar-refractivity contribution in [1.29, 1.82) is 0 Å². The molecule has 0 bridgehead atoms. The van der Waals surface area contributed by atoms with E-state index >= 15 is 0 Å². The van der Waals surface area contributed by atoms with Crippen molar-refractivity contribution in [2.24, 2.45) is 0 Å². The van der Waals surface area contributed by atoms with Crippen molar-refractivity contribution in [1.82, 2.24) is 20.6 Å². The Labute approximate surface area is 159 Å². The summed E-state index contributed by atoms with van der Waals surface area (Å²) in [4.78, 5) is 20.1. The van der Waals surface area contributed by atoms with Crippen LogP contribution in [0.25, 0.3) is 0 Å². The maximum absolute atomic E-state index is 12.7. The van der Waals surface area contributed by atoms with Gasteiger partial charge in [-0.15, -0.1) is 0 Å². The lowest BCUT2D eigenvalue weighted by Crippen LogP contribution is -2.42. The molecule has 0 unspecified atom stereocenters. The highest BCUT2D eigenvalue weighted by molar-refractivity contribution is 5.83. The highest BCUT2D eigenvalue weighted by Crippen LogP contribution is 2.27. The first-order chi connectivity index (χ1) is 13.3. The van der Waals surface area contributed by atoms with Gasteiger partial charge >= 0.3 is 0 Å². The van der Waals surface area contributed by atoms with E-state index in [1.807, 2.05) is 12.1 Å². The van der Waals surface area contributed by atoms with Crippen LogP contribution in [0.1, 0.15) is 40.9 Å². The molecule has 3 N–H and O–H groups in total. The molecule has 2 aromatic carbocycles. The van der Waals surface area contributed by atoms with Crippen molar-refractivity contribution < 1.29 is 4.79 Å². The Bertz CT molecular complexity index is 836. The minimum absolute atomic E-state index is 0.0112. The monoisotopic (exact) mass is 360 g/mol. The molecule has 0 saturated carbocycles. The SMILES string of the molecule is O=C(NCCC(c1ccccc1)c1ccccc1)[C@@H]1NCCc2[nH]cnc21. The standard InChI is InChI=1S/C22H24N4O/c27-22(21-20-19(12-14-23-21)25-15-26-20)24-13-11-18(16-7-3-1-4-8-16)17-9-5-2-6-10-17/h1-10,15,18,21,23H,11-14H2,(H,24,27)(H,25,26)/t21-/m1/s1. The lowest BCUT2D eigenvalue weighted by Gasteiger charge is -2.23. The van der Waals surface area contributed by atoms with Crippen LogP contribution < -0.4 is 10.6 Å². The van der Waals surface area contributed by atoms with Gasteiger partial charge in [0.05, 0.1) is 12.0 Å². The van der Waals surface area contributed by atoms with Crippen molar-refractivity contribution >= 4 is 5.91 Å². The van der Waals surface area contributed by atoms with Crippen LogP contribution in [-0.2, 0) is 11.2 Å². The minimum atomic E-state index is -0.369. The molecule has 5 heteroatoms. The van der Waals surface area contributed by atoms with Gasteiger partial charge < -0.3 is 15.6 Å². The van der Waals surface area contributed by atoms with E-state index in [1.165, 1.54) is 11.1 Å². The number of benzene rings is 2. The van der Waals surface area contributed by atoms with Crippen LogP contribution in [0.4, 0.5) is 0 Å². The number of aromatic amines is 1. The fraction of sp³-hybridized carbons (Fsp3) is 0.273. The molecule has 27 heavy (non-hydrogen) atoms. The molecule has 0 spiro atoms. The molecule has 5 nitrogen and oxygen atoms in total. The van der Waals surface area contributed by atoms with Gasteiger partial charge in [-0.2, -0.15) is 0 Å². The number of amides is 1. The van der Waals surface area contributed by atoms with Crippen molar-refractivity contribution in [3.63, 3.8) is 0 Å². The number of fused-ring (bicyclic) bond motifs is 1. The molecule has 0 aliphatic carbocycles. The Kier molecular flexibility index (Phi) is 5.30. The summed E-state index contributed by atoms with van der Waals surface area (Å²) in [6.45, 7) is 1.40. The van der Waals surface area contributed by atoms with Crippen LogP contribution in [0.2, 0.25) is 0 Å². The van der Waals surface area contributed by atoms with Gasteiger partial charge in [-0.05, 0) is 17.5 Å². The first kappa shape index (κ1) is 17.5. The van der Waals surface area contributed by atoms with Crippen molar-refractivity contribution in [3.05, 3.63) is 89.5 Å². The van der Waals surface area contributed by atoms with Gasteiger partial charge in [-0.1, -0.05) is 60.7 Å². The van der Waals surface area contributed by atoms with Crippen LogP contribution in [0.15, 0.2) is 67.0 Å². The van der Waals surface area contributed by atoms with E-state index in [2.05, 4.69) is 69.1 Å². The summed E-state index contributed by atoms with van der Waals surface area (Å²) in [6, 6.07) is 20.6. The minimum Gasteiger partial charge on any atom is -0.354 e. The van der Waals surface area contributed by atoms with E-state index in [9.17, 15) is 4.79 Å². The van der Waals surface area contributed by atoms with Gasteiger partial charge in [0.1, 0.15) is 6.04 Å². The maximum atomic E-state index is 12.7. The van der Waals surface area contributed by atoms with Crippen LogP contribution in [0.5, 0.6) is 0 Å². The number of H-pyrrole nitrogens is 1. The smallest absolute Gasteiger partial charge is 0.243 e.